The number of benzene rings is 2. The molecule has 0 radical (unpaired) electrons. The fourth-order valence-corrected chi connectivity index (χ4v) is 3.48. The van der Waals surface area contributed by atoms with Crippen molar-refractivity contribution in [2.24, 2.45) is 0 Å². The number of ether oxygens (including phenoxy) is 2. The predicted octanol–water partition coefficient (Wildman–Crippen LogP) is 3.94. The van der Waals surface area contributed by atoms with Gasteiger partial charge in [0.25, 0.3) is 5.91 Å². The van der Waals surface area contributed by atoms with Crippen LogP contribution in [0.4, 0.5) is 14.7 Å². The lowest BCUT2D eigenvalue weighted by Gasteiger charge is -2.05. The molecule has 30 heavy (non-hydrogen) atoms. The van der Waals surface area contributed by atoms with Gasteiger partial charge in [-0.1, -0.05) is 18.2 Å². The second kappa shape index (κ2) is 6.28. The number of aromatic amines is 1. The molecule has 1 aliphatic heterocycles. The van der Waals surface area contributed by atoms with E-state index in [1.807, 2.05) is 30.3 Å². The molecule has 3 heterocycles. The smallest absolute Gasteiger partial charge is 0.395 e. The molecule has 0 bridgehead atoms. The van der Waals surface area contributed by atoms with Gasteiger partial charge in [-0.25, -0.2) is 9.67 Å². The Morgan fingerprint density at radius 2 is 1.83 bits per heavy atom. The molecule has 5 rings (SSSR count). The molecular weight excluding hydrogens is 396 g/mol. The minimum atomic E-state index is -3.70. The van der Waals surface area contributed by atoms with Gasteiger partial charge in [-0.05, 0) is 26.0 Å². The number of imidazole rings is 1. The quantitative estimate of drug-likeness (QED) is 0.533. The van der Waals surface area contributed by atoms with E-state index < -0.39 is 12.2 Å². The molecule has 2 aromatic heterocycles. The minimum absolute atomic E-state index is 0.107. The summed E-state index contributed by atoms with van der Waals surface area (Å²) in [5, 5.41) is 7.16. The van der Waals surface area contributed by atoms with Crippen LogP contribution in [-0.4, -0.2) is 32.0 Å². The third-order valence-corrected chi connectivity index (χ3v) is 4.76. The number of H-pyrrole nitrogens is 1. The molecule has 0 spiro atoms. The molecule has 152 valence electrons. The lowest BCUT2D eigenvalue weighted by molar-refractivity contribution is -0.286. The van der Waals surface area contributed by atoms with Gasteiger partial charge in [-0.2, -0.15) is 5.10 Å². The number of carbonyl (C=O) groups excluding carboxylic acids is 1. The maximum absolute atomic E-state index is 13.2. The summed E-state index contributed by atoms with van der Waals surface area (Å²) in [6.45, 7) is 3.55. The number of para-hydroxylation sites is 1. The number of amides is 1. The first-order valence-corrected chi connectivity index (χ1v) is 9.03. The van der Waals surface area contributed by atoms with E-state index in [0.29, 0.717) is 28.0 Å². The molecule has 0 saturated heterocycles. The zero-order valence-electron chi connectivity index (χ0n) is 15.9. The molecule has 2 aromatic carbocycles. The zero-order valence-corrected chi connectivity index (χ0v) is 15.9. The second-order valence-corrected chi connectivity index (χ2v) is 6.82. The van der Waals surface area contributed by atoms with Crippen LogP contribution in [-0.2, 0) is 0 Å². The lowest BCUT2D eigenvalue weighted by atomic mass is 10.2. The van der Waals surface area contributed by atoms with Crippen molar-refractivity contribution in [1.29, 1.82) is 0 Å². The average molecular weight is 411 g/mol. The van der Waals surface area contributed by atoms with Crippen molar-refractivity contribution in [3.63, 3.8) is 0 Å². The highest BCUT2D eigenvalue weighted by Crippen LogP contribution is 2.42. The summed E-state index contributed by atoms with van der Waals surface area (Å²) in [6, 6.07) is 12.1. The van der Waals surface area contributed by atoms with Crippen LogP contribution in [0.3, 0.4) is 0 Å². The first kappa shape index (κ1) is 18.1. The lowest BCUT2D eigenvalue weighted by Crippen LogP contribution is -2.25. The molecule has 0 saturated carbocycles. The Bertz CT molecular complexity index is 1250. The summed E-state index contributed by atoms with van der Waals surface area (Å²) in [7, 11) is 0. The van der Waals surface area contributed by atoms with Gasteiger partial charge in [-0.15, -0.1) is 8.78 Å². The number of hydrogen-bond acceptors (Lipinski definition) is 5. The summed E-state index contributed by atoms with van der Waals surface area (Å²) in [5.41, 5.74) is 3.26. The van der Waals surface area contributed by atoms with Gasteiger partial charge in [-0.3, -0.25) is 10.1 Å². The highest BCUT2D eigenvalue weighted by atomic mass is 19.3. The van der Waals surface area contributed by atoms with Gasteiger partial charge < -0.3 is 14.5 Å². The van der Waals surface area contributed by atoms with Crippen LogP contribution >= 0.6 is 0 Å². The average Bonchev–Trinajstić information content (AvgIpc) is 3.30. The van der Waals surface area contributed by atoms with E-state index in [0.717, 1.165) is 5.69 Å². The third kappa shape index (κ3) is 2.93. The van der Waals surface area contributed by atoms with E-state index >= 15 is 0 Å². The van der Waals surface area contributed by atoms with Crippen molar-refractivity contribution in [3.8, 4) is 17.2 Å². The van der Waals surface area contributed by atoms with Gasteiger partial charge in [0.1, 0.15) is 0 Å². The van der Waals surface area contributed by atoms with Crippen molar-refractivity contribution in [2.45, 2.75) is 20.1 Å². The molecule has 1 aliphatic rings. The Morgan fingerprint density at radius 1 is 1.13 bits per heavy atom. The zero-order chi connectivity index (χ0) is 21.0. The number of rotatable bonds is 3. The number of halogens is 2. The molecule has 1 amide bonds. The first-order valence-electron chi connectivity index (χ1n) is 9.03. The molecule has 8 nitrogen and oxygen atoms in total. The van der Waals surface area contributed by atoms with Gasteiger partial charge in [0.15, 0.2) is 11.5 Å². The third-order valence-electron chi connectivity index (χ3n) is 4.76. The summed E-state index contributed by atoms with van der Waals surface area (Å²) in [4.78, 5) is 20.0. The topological polar surface area (TPSA) is 94.1 Å². The second-order valence-electron chi connectivity index (χ2n) is 6.82. The number of aryl methyl sites for hydroxylation is 1. The number of carbonyl (C=O) groups is 1. The number of nitrogens with one attached hydrogen (secondary N) is 2. The van der Waals surface area contributed by atoms with Crippen LogP contribution in [0.25, 0.3) is 16.7 Å². The van der Waals surface area contributed by atoms with E-state index in [1.54, 1.807) is 18.5 Å². The fraction of sp³-hybridized carbons (Fsp3) is 0.150. The van der Waals surface area contributed by atoms with E-state index in [-0.39, 0.29) is 17.4 Å². The molecule has 2 N–H and O–H groups in total. The van der Waals surface area contributed by atoms with Gasteiger partial charge >= 0.3 is 6.29 Å². The number of fused-ring (bicyclic) bond motifs is 2. The highest BCUT2D eigenvalue weighted by Gasteiger charge is 2.43. The number of aromatic nitrogens is 4. The molecule has 0 atom stereocenters. The van der Waals surface area contributed by atoms with Crippen LogP contribution in [0, 0.1) is 13.8 Å². The predicted molar refractivity (Wildman–Crippen MR) is 103 cm³/mol. The summed E-state index contributed by atoms with van der Waals surface area (Å²) < 4.78 is 37.0. The SMILES string of the molecule is Cc1nn(-c2ccccc2)c(C)c1C(=O)Nc1nc2cc3c(cc2[nH]1)OC(F)(F)O3. The van der Waals surface area contributed by atoms with Crippen LogP contribution in [0.2, 0.25) is 0 Å². The molecule has 0 unspecified atom stereocenters. The Kier molecular flexibility index (Phi) is 3.79. The fourth-order valence-electron chi connectivity index (χ4n) is 3.48. The Labute approximate surface area is 168 Å². The van der Waals surface area contributed by atoms with Crippen LogP contribution in [0.1, 0.15) is 21.7 Å². The number of alkyl halides is 2. The van der Waals surface area contributed by atoms with Crippen molar-refractivity contribution < 1.29 is 23.0 Å². The van der Waals surface area contributed by atoms with Gasteiger partial charge in [0, 0.05) is 12.1 Å². The maximum Gasteiger partial charge on any atom is 0.586 e. The summed E-state index contributed by atoms with van der Waals surface area (Å²) in [6.07, 6.45) is -3.70. The Hall–Kier alpha value is -3.95. The standard InChI is InChI=1S/C20H15F2N5O3/c1-10-17(11(2)27(26-10)12-6-4-3-5-7-12)18(28)25-19-23-13-8-15-16(9-14(13)24-19)30-20(21,22)29-15/h3-9H,1-2H3,(H2,23,24,25,28). The molecular formula is C20H15F2N5O3. The maximum atomic E-state index is 13.2. The molecule has 4 aromatic rings. The van der Waals surface area contributed by atoms with Crippen molar-refractivity contribution in [3.05, 3.63) is 59.4 Å². The van der Waals surface area contributed by atoms with Crippen LogP contribution in [0.5, 0.6) is 11.5 Å². The molecule has 10 heteroatoms. The normalized spacial score (nSPS) is 14.3. The summed E-state index contributed by atoms with van der Waals surface area (Å²) in [5.74, 6) is -0.452. The van der Waals surface area contributed by atoms with Crippen molar-refractivity contribution in [1.82, 2.24) is 19.7 Å². The van der Waals surface area contributed by atoms with E-state index in [1.165, 1.54) is 12.1 Å². The van der Waals surface area contributed by atoms with E-state index in [2.05, 4.69) is 29.9 Å². The highest BCUT2D eigenvalue weighted by molar-refractivity contribution is 6.05. The number of nitrogens with zero attached hydrogens (tertiary/aromatic N) is 3. The number of hydrogen-bond donors (Lipinski definition) is 2. The van der Waals surface area contributed by atoms with Gasteiger partial charge in [0.05, 0.1) is 33.7 Å². The van der Waals surface area contributed by atoms with E-state index in [4.69, 9.17) is 0 Å². The molecule has 0 aliphatic carbocycles. The monoisotopic (exact) mass is 411 g/mol. The molecule has 0 fully saturated rings. The van der Waals surface area contributed by atoms with Gasteiger partial charge in [0.2, 0.25) is 5.95 Å². The van der Waals surface area contributed by atoms with Crippen LogP contribution in [0.15, 0.2) is 42.5 Å². The van der Waals surface area contributed by atoms with E-state index in [9.17, 15) is 13.6 Å². The van der Waals surface area contributed by atoms with Crippen molar-refractivity contribution in [2.75, 3.05) is 5.32 Å². The van der Waals surface area contributed by atoms with Crippen LogP contribution < -0.4 is 14.8 Å². The minimum Gasteiger partial charge on any atom is -0.395 e. The number of anilines is 1. The Balaban J connectivity index is 1.44. The first-order chi connectivity index (χ1) is 14.3. The summed E-state index contributed by atoms with van der Waals surface area (Å²) >= 11 is 0. The largest absolute Gasteiger partial charge is 0.586 e. The van der Waals surface area contributed by atoms with Crippen molar-refractivity contribution >= 4 is 22.9 Å². The Morgan fingerprint density at radius 3 is 2.57 bits per heavy atom.